The van der Waals surface area contributed by atoms with E-state index in [1.54, 1.807) is 0 Å². The summed E-state index contributed by atoms with van der Waals surface area (Å²) in [6.07, 6.45) is 3.00. The van der Waals surface area contributed by atoms with Crippen LogP contribution in [0.25, 0.3) is 0 Å². The summed E-state index contributed by atoms with van der Waals surface area (Å²) in [5.41, 5.74) is 0. The van der Waals surface area contributed by atoms with Gasteiger partial charge in [0.25, 0.3) is 5.88 Å². The first-order chi connectivity index (χ1) is 9.24. The van der Waals surface area contributed by atoms with E-state index in [0.717, 1.165) is 19.4 Å². The van der Waals surface area contributed by atoms with E-state index in [2.05, 4.69) is 21.8 Å². The van der Waals surface area contributed by atoms with Crippen molar-refractivity contribution in [3.05, 3.63) is 12.1 Å². The van der Waals surface area contributed by atoms with E-state index in [9.17, 15) is 4.39 Å². The van der Waals surface area contributed by atoms with Gasteiger partial charge in [-0.25, -0.2) is 4.98 Å². The number of hydrogen-bond donors (Lipinski definition) is 0. The molecule has 19 heavy (non-hydrogen) atoms. The van der Waals surface area contributed by atoms with Crippen molar-refractivity contribution >= 4 is 5.82 Å². The maximum Gasteiger partial charge on any atom is 0.256 e. The van der Waals surface area contributed by atoms with Crippen LogP contribution in [0.4, 0.5) is 10.2 Å². The molecule has 1 rings (SSSR count). The Labute approximate surface area is 114 Å². The Morgan fingerprint density at radius 2 is 2.05 bits per heavy atom. The zero-order chi connectivity index (χ0) is 14.1. The molecule has 5 heteroatoms. The van der Waals surface area contributed by atoms with Gasteiger partial charge in [0.1, 0.15) is 6.33 Å². The van der Waals surface area contributed by atoms with Crippen LogP contribution in [0.15, 0.2) is 6.33 Å². The summed E-state index contributed by atoms with van der Waals surface area (Å²) in [6, 6.07) is 0. The molecule has 104 valence electrons. The third-order valence-electron chi connectivity index (χ3n) is 2.50. The molecule has 0 saturated carbocycles. The second kappa shape index (κ2) is 8.30. The zero-order valence-corrected chi connectivity index (χ0v) is 11.7. The first kappa shape index (κ1) is 15.2. The normalized spacial score (nSPS) is 9.68. The van der Waals surface area contributed by atoms with Crippen molar-refractivity contribution in [2.75, 3.05) is 24.6 Å². The van der Waals surface area contributed by atoms with Gasteiger partial charge in [0.2, 0.25) is 5.82 Å². The van der Waals surface area contributed by atoms with Gasteiger partial charge in [0.15, 0.2) is 12.4 Å². The maximum atomic E-state index is 14.2. The summed E-state index contributed by atoms with van der Waals surface area (Å²) in [6.45, 7) is 7.53. The fourth-order valence-electron chi connectivity index (χ4n) is 1.63. The van der Waals surface area contributed by atoms with Gasteiger partial charge in [-0.3, -0.25) is 0 Å². The van der Waals surface area contributed by atoms with Crippen LogP contribution in [-0.2, 0) is 0 Å². The first-order valence-corrected chi connectivity index (χ1v) is 6.58. The van der Waals surface area contributed by atoms with Gasteiger partial charge in [-0.05, 0) is 13.3 Å². The zero-order valence-electron chi connectivity index (χ0n) is 11.7. The molecule has 0 bridgehead atoms. The van der Waals surface area contributed by atoms with E-state index >= 15 is 0 Å². The van der Waals surface area contributed by atoms with Crippen molar-refractivity contribution in [2.24, 2.45) is 0 Å². The van der Waals surface area contributed by atoms with Crippen molar-refractivity contribution in [1.82, 2.24) is 9.97 Å². The highest BCUT2D eigenvalue weighted by Crippen LogP contribution is 2.22. The number of halogens is 1. The van der Waals surface area contributed by atoms with Crippen LogP contribution in [0.3, 0.4) is 0 Å². The Bertz CT molecular complexity index is 454. The van der Waals surface area contributed by atoms with Gasteiger partial charge in [-0.2, -0.15) is 9.37 Å². The van der Waals surface area contributed by atoms with E-state index in [0.29, 0.717) is 6.54 Å². The molecule has 0 aliphatic carbocycles. The van der Waals surface area contributed by atoms with Crippen LogP contribution >= 0.6 is 0 Å². The molecule has 1 heterocycles. The van der Waals surface area contributed by atoms with Gasteiger partial charge in [0, 0.05) is 19.5 Å². The van der Waals surface area contributed by atoms with Gasteiger partial charge in [-0.1, -0.05) is 19.8 Å². The van der Waals surface area contributed by atoms with Crippen LogP contribution in [0, 0.1) is 17.7 Å². The van der Waals surface area contributed by atoms with Crippen molar-refractivity contribution in [3.63, 3.8) is 0 Å². The molecule has 0 aliphatic heterocycles. The summed E-state index contributed by atoms with van der Waals surface area (Å²) >= 11 is 0. The lowest BCUT2D eigenvalue weighted by molar-refractivity contribution is 0.331. The highest BCUT2D eigenvalue weighted by atomic mass is 19.1. The Morgan fingerprint density at radius 1 is 1.26 bits per heavy atom. The Hall–Kier alpha value is -1.83. The van der Waals surface area contributed by atoms with Crippen molar-refractivity contribution in [3.8, 4) is 17.7 Å². The van der Waals surface area contributed by atoms with Crippen LogP contribution in [0.5, 0.6) is 5.88 Å². The molecule has 0 unspecified atom stereocenters. The molecule has 0 saturated heterocycles. The number of hydrogen-bond acceptors (Lipinski definition) is 4. The maximum absolute atomic E-state index is 14.2. The number of aromatic nitrogens is 2. The minimum Gasteiger partial charge on any atom is -0.462 e. The summed E-state index contributed by atoms with van der Waals surface area (Å²) < 4.78 is 19.4. The Balaban J connectivity index is 2.84. The van der Waals surface area contributed by atoms with Crippen LogP contribution in [0.2, 0.25) is 0 Å². The highest BCUT2D eigenvalue weighted by molar-refractivity contribution is 5.42. The smallest absolute Gasteiger partial charge is 0.256 e. The van der Waals surface area contributed by atoms with Gasteiger partial charge in [-0.15, -0.1) is 5.92 Å². The number of nitrogens with zero attached hydrogens (tertiary/aromatic N) is 3. The van der Waals surface area contributed by atoms with Gasteiger partial charge < -0.3 is 9.64 Å². The second-order valence-corrected chi connectivity index (χ2v) is 3.89. The van der Waals surface area contributed by atoms with Crippen molar-refractivity contribution < 1.29 is 9.13 Å². The minimum absolute atomic E-state index is 0.0371. The summed E-state index contributed by atoms with van der Waals surface area (Å²) in [7, 11) is 0. The molecule has 0 aliphatic rings. The SMILES string of the molecule is CCC#CCOc1ncnc(N(CC)CCC)c1F. The predicted octanol–water partition coefficient (Wildman–Crippen LogP) is 2.64. The van der Waals surface area contributed by atoms with Gasteiger partial charge >= 0.3 is 0 Å². The first-order valence-electron chi connectivity index (χ1n) is 6.58. The van der Waals surface area contributed by atoms with Crippen LogP contribution in [-0.4, -0.2) is 29.7 Å². The largest absolute Gasteiger partial charge is 0.462 e. The summed E-state index contributed by atoms with van der Waals surface area (Å²) in [5.74, 6) is 5.38. The molecule has 0 atom stereocenters. The van der Waals surface area contributed by atoms with E-state index in [1.165, 1.54) is 6.33 Å². The molecule has 0 fully saturated rings. The molecule has 0 aromatic carbocycles. The molecular formula is C14H20FN3O. The molecule has 1 aromatic rings. The monoisotopic (exact) mass is 265 g/mol. The molecule has 1 aromatic heterocycles. The average molecular weight is 265 g/mol. The lowest BCUT2D eigenvalue weighted by atomic mass is 10.4. The lowest BCUT2D eigenvalue weighted by Crippen LogP contribution is -2.26. The minimum atomic E-state index is -0.518. The van der Waals surface area contributed by atoms with E-state index in [-0.39, 0.29) is 18.3 Å². The van der Waals surface area contributed by atoms with Crippen LogP contribution < -0.4 is 9.64 Å². The van der Waals surface area contributed by atoms with Crippen molar-refractivity contribution in [2.45, 2.75) is 33.6 Å². The van der Waals surface area contributed by atoms with Gasteiger partial charge in [0.05, 0.1) is 0 Å². The molecular weight excluding hydrogens is 245 g/mol. The topological polar surface area (TPSA) is 38.3 Å². The summed E-state index contributed by atoms with van der Waals surface area (Å²) in [4.78, 5) is 9.67. The van der Waals surface area contributed by atoms with Crippen molar-refractivity contribution in [1.29, 1.82) is 0 Å². The fourth-order valence-corrected chi connectivity index (χ4v) is 1.63. The number of ether oxygens (including phenoxy) is 1. The van der Waals surface area contributed by atoms with E-state index in [1.807, 2.05) is 25.7 Å². The Kier molecular flexibility index (Phi) is 6.65. The standard InChI is InChI=1S/C14H20FN3O/c1-4-7-8-10-19-14-12(15)13(16-11-17-14)18(6-3)9-5-2/h11H,4-6,9-10H2,1-3H3. The lowest BCUT2D eigenvalue weighted by Gasteiger charge is -2.21. The third kappa shape index (κ3) is 4.40. The third-order valence-corrected chi connectivity index (χ3v) is 2.50. The molecule has 0 N–H and O–H groups in total. The highest BCUT2D eigenvalue weighted by Gasteiger charge is 2.16. The van der Waals surface area contributed by atoms with E-state index < -0.39 is 5.82 Å². The summed E-state index contributed by atoms with van der Waals surface area (Å²) in [5, 5.41) is 0. The van der Waals surface area contributed by atoms with Crippen LogP contribution in [0.1, 0.15) is 33.6 Å². The molecule has 0 amide bonds. The molecule has 0 spiro atoms. The average Bonchev–Trinajstić information content (AvgIpc) is 2.43. The van der Waals surface area contributed by atoms with E-state index in [4.69, 9.17) is 4.74 Å². The Morgan fingerprint density at radius 3 is 2.68 bits per heavy atom. The molecule has 0 radical (unpaired) electrons. The quantitative estimate of drug-likeness (QED) is 0.741. The second-order valence-electron chi connectivity index (χ2n) is 3.89. The fraction of sp³-hybridized carbons (Fsp3) is 0.571. The molecule has 4 nitrogen and oxygen atoms in total. The number of rotatable bonds is 6. The predicted molar refractivity (Wildman–Crippen MR) is 73.7 cm³/mol. The number of anilines is 1.